The largest absolute Gasteiger partial charge is 0.391 e. The summed E-state index contributed by atoms with van der Waals surface area (Å²) in [6, 6.07) is -0.256. The van der Waals surface area contributed by atoms with Gasteiger partial charge >= 0.3 is 6.18 Å². The fourth-order valence-corrected chi connectivity index (χ4v) is 5.14. The number of rotatable bonds is 3. The van der Waals surface area contributed by atoms with Crippen LogP contribution in [0.3, 0.4) is 0 Å². The van der Waals surface area contributed by atoms with Crippen LogP contribution in [0.2, 0.25) is 0 Å². The van der Waals surface area contributed by atoms with E-state index >= 15 is 0 Å². The lowest BCUT2D eigenvalue weighted by molar-refractivity contribution is -0.183. The highest BCUT2D eigenvalue weighted by atomic mass is 32.2. The molecule has 1 saturated carbocycles. The quantitative estimate of drug-likeness (QED) is 0.597. The zero-order valence-electron chi connectivity index (χ0n) is 13.2. The van der Waals surface area contributed by atoms with Gasteiger partial charge in [0.1, 0.15) is 0 Å². The standard InChI is InChI=1S/C14H24F3N3O2S/c1-18-13(19-8-10-5-6-23(21,22)9-10)20-12-4-2-3-11(7-12)14(15,16)17/h10-12H,2-9H2,1H3,(H2,18,19,20). The Morgan fingerprint density at radius 3 is 2.57 bits per heavy atom. The normalized spacial score (nSPS) is 31.8. The first-order valence-corrected chi connectivity index (χ1v) is 9.76. The minimum Gasteiger partial charge on any atom is -0.356 e. The molecule has 3 atom stereocenters. The minimum absolute atomic E-state index is 0.0350. The van der Waals surface area contributed by atoms with E-state index in [9.17, 15) is 21.6 Å². The second kappa shape index (κ2) is 7.27. The molecule has 2 fully saturated rings. The van der Waals surface area contributed by atoms with Gasteiger partial charge in [0.05, 0.1) is 17.4 Å². The Morgan fingerprint density at radius 2 is 2.00 bits per heavy atom. The molecule has 0 radical (unpaired) electrons. The number of aliphatic imine (C=N–C) groups is 1. The van der Waals surface area contributed by atoms with E-state index < -0.39 is 21.9 Å². The van der Waals surface area contributed by atoms with Gasteiger partial charge < -0.3 is 10.6 Å². The van der Waals surface area contributed by atoms with Gasteiger partial charge in [-0.15, -0.1) is 0 Å². The SMILES string of the molecule is CN=C(NCC1CCS(=O)(=O)C1)NC1CCCC(C(F)(F)F)C1. The number of hydrogen-bond acceptors (Lipinski definition) is 3. The van der Waals surface area contributed by atoms with E-state index in [-0.39, 0.29) is 36.3 Å². The van der Waals surface area contributed by atoms with Crippen molar-refractivity contribution in [2.45, 2.75) is 44.3 Å². The van der Waals surface area contributed by atoms with Crippen LogP contribution < -0.4 is 10.6 Å². The fourth-order valence-electron chi connectivity index (χ4n) is 3.28. The average Bonchev–Trinajstić information content (AvgIpc) is 2.82. The molecule has 0 aromatic rings. The third-order valence-corrected chi connectivity index (χ3v) is 6.42. The zero-order chi connectivity index (χ0) is 17.1. The van der Waals surface area contributed by atoms with Crippen LogP contribution in [0.5, 0.6) is 0 Å². The molecule has 1 saturated heterocycles. The molecule has 1 aliphatic carbocycles. The summed E-state index contributed by atoms with van der Waals surface area (Å²) in [4.78, 5) is 4.03. The number of hydrogen-bond donors (Lipinski definition) is 2. The molecule has 134 valence electrons. The van der Waals surface area contributed by atoms with Gasteiger partial charge in [0.25, 0.3) is 0 Å². The lowest BCUT2D eigenvalue weighted by Gasteiger charge is -2.32. The summed E-state index contributed by atoms with van der Waals surface area (Å²) < 4.78 is 61.3. The lowest BCUT2D eigenvalue weighted by Crippen LogP contribution is -2.47. The molecule has 2 N–H and O–H groups in total. The summed E-state index contributed by atoms with van der Waals surface area (Å²) in [6.45, 7) is 0.467. The van der Waals surface area contributed by atoms with Gasteiger partial charge in [-0.05, 0) is 31.6 Å². The van der Waals surface area contributed by atoms with Crippen LogP contribution in [0.1, 0.15) is 32.1 Å². The molecule has 1 heterocycles. The van der Waals surface area contributed by atoms with Gasteiger partial charge in [-0.25, -0.2) is 8.42 Å². The Hall–Kier alpha value is -0.990. The Labute approximate surface area is 135 Å². The topological polar surface area (TPSA) is 70.6 Å². The maximum atomic E-state index is 12.8. The van der Waals surface area contributed by atoms with Gasteiger partial charge in [0.2, 0.25) is 0 Å². The van der Waals surface area contributed by atoms with Crippen molar-refractivity contribution in [2.24, 2.45) is 16.8 Å². The maximum absolute atomic E-state index is 12.8. The Balaban J connectivity index is 1.81. The second-order valence-corrected chi connectivity index (χ2v) is 8.70. The van der Waals surface area contributed by atoms with E-state index in [2.05, 4.69) is 15.6 Å². The van der Waals surface area contributed by atoms with Crippen molar-refractivity contribution < 1.29 is 21.6 Å². The molecule has 0 aromatic heterocycles. The highest BCUT2D eigenvalue weighted by molar-refractivity contribution is 7.91. The van der Waals surface area contributed by atoms with Crippen molar-refractivity contribution in [3.8, 4) is 0 Å². The van der Waals surface area contributed by atoms with Gasteiger partial charge in [-0.2, -0.15) is 13.2 Å². The molecule has 9 heteroatoms. The molecule has 0 bridgehead atoms. The van der Waals surface area contributed by atoms with E-state index in [0.717, 1.165) is 0 Å². The van der Waals surface area contributed by atoms with Gasteiger partial charge in [0, 0.05) is 19.6 Å². The van der Waals surface area contributed by atoms with Crippen molar-refractivity contribution in [2.75, 3.05) is 25.1 Å². The number of guanidine groups is 1. The third kappa shape index (κ3) is 5.54. The first-order chi connectivity index (χ1) is 10.7. The van der Waals surface area contributed by atoms with Gasteiger partial charge in [0.15, 0.2) is 15.8 Å². The molecule has 2 rings (SSSR count). The van der Waals surface area contributed by atoms with E-state index in [1.807, 2.05) is 0 Å². The summed E-state index contributed by atoms with van der Waals surface area (Å²) >= 11 is 0. The van der Waals surface area contributed by atoms with Crippen LogP contribution in [0.15, 0.2) is 4.99 Å². The Bertz CT molecular complexity index is 534. The molecule has 23 heavy (non-hydrogen) atoms. The van der Waals surface area contributed by atoms with Crippen molar-refractivity contribution in [3.63, 3.8) is 0 Å². The van der Waals surface area contributed by atoms with Crippen LogP contribution >= 0.6 is 0 Å². The summed E-state index contributed by atoms with van der Waals surface area (Å²) in [5.74, 6) is -0.403. The zero-order valence-corrected chi connectivity index (χ0v) is 14.0. The molecule has 1 aliphatic heterocycles. The monoisotopic (exact) mass is 355 g/mol. The smallest absolute Gasteiger partial charge is 0.356 e. The molecular weight excluding hydrogens is 331 g/mol. The summed E-state index contributed by atoms with van der Waals surface area (Å²) in [5.41, 5.74) is 0. The molecule has 2 aliphatic rings. The molecule has 0 aromatic carbocycles. The fraction of sp³-hybridized carbons (Fsp3) is 0.929. The predicted octanol–water partition coefficient (Wildman–Crippen LogP) is 1.71. The molecular formula is C14H24F3N3O2S. The van der Waals surface area contributed by atoms with Crippen LogP contribution in [0.4, 0.5) is 13.2 Å². The Morgan fingerprint density at radius 1 is 1.26 bits per heavy atom. The average molecular weight is 355 g/mol. The lowest BCUT2D eigenvalue weighted by atomic mass is 9.85. The molecule has 3 unspecified atom stereocenters. The first kappa shape index (κ1) is 18.4. The first-order valence-electron chi connectivity index (χ1n) is 7.94. The molecule has 5 nitrogen and oxygen atoms in total. The summed E-state index contributed by atoms with van der Waals surface area (Å²) in [5, 5.41) is 6.09. The van der Waals surface area contributed by atoms with Crippen LogP contribution in [-0.2, 0) is 9.84 Å². The number of nitrogens with zero attached hydrogens (tertiary/aromatic N) is 1. The summed E-state index contributed by atoms with van der Waals surface area (Å²) in [7, 11) is -1.37. The number of nitrogens with one attached hydrogen (secondary N) is 2. The minimum atomic E-state index is -4.14. The van der Waals surface area contributed by atoms with E-state index in [0.29, 0.717) is 31.8 Å². The van der Waals surface area contributed by atoms with Crippen molar-refractivity contribution in [1.82, 2.24) is 10.6 Å². The predicted molar refractivity (Wildman–Crippen MR) is 83.1 cm³/mol. The van der Waals surface area contributed by atoms with Crippen LogP contribution in [0, 0.1) is 11.8 Å². The Kier molecular flexibility index (Phi) is 5.80. The van der Waals surface area contributed by atoms with E-state index in [1.165, 1.54) is 0 Å². The van der Waals surface area contributed by atoms with Crippen LogP contribution in [0.25, 0.3) is 0 Å². The van der Waals surface area contributed by atoms with Gasteiger partial charge in [-0.3, -0.25) is 4.99 Å². The van der Waals surface area contributed by atoms with Gasteiger partial charge in [-0.1, -0.05) is 6.42 Å². The highest BCUT2D eigenvalue weighted by Crippen LogP contribution is 2.37. The van der Waals surface area contributed by atoms with E-state index in [4.69, 9.17) is 0 Å². The van der Waals surface area contributed by atoms with Crippen molar-refractivity contribution in [1.29, 1.82) is 0 Å². The third-order valence-electron chi connectivity index (χ3n) is 4.59. The van der Waals surface area contributed by atoms with Crippen molar-refractivity contribution >= 4 is 15.8 Å². The highest BCUT2D eigenvalue weighted by Gasteiger charge is 2.42. The number of halogens is 3. The molecule has 0 amide bonds. The number of sulfone groups is 1. The van der Waals surface area contributed by atoms with E-state index in [1.54, 1.807) is 7.05 Å². The number of alkyl halides is 3. The van der Waals surface area contributed by atoms with Crippen LogP contribution in [-0.4, -0.2) is 51.7 Å². The maximum Gasteiger partial charge on any atom is 0.391 e. The molecule has 0 spiro atoms. The van der Waals surface area contributed by atoms with Crippen molar-refractivity contribution in [3.05, 3.63) is 0 Å². The summed E-state index contributed by atoms with van der Waals surface area (Å²) in [6.07, 6.45) is -2.05. The second-order valence-electron chi connectivity index (χ2n) is 6.47.